The molecule has 0 aromatic rings. The van der Waals surface area contributed by atoms with Crippen molar-refractivity contribution in [3.05, 3.63) is 12.2 Å². The SMILES string of the molecule is CC=CCOC(=O)NCCOCCC. The summed E-state index contributed by atoms with van der Waals surface area (Å²) in [6, 6.07) is 0. The predicted molar refractivity (Wildman–Crippen MR) is 55.3 cm³/mol. The normalized spacial score (nSPS) is 10.4. The van der Waals surface area contributed by atoms with Crippen LogP contribution in [0.4, 0.5) is 4.79 Å². The van der Waals surface area contributed by atoms with Gasteiger partial charge in [-0.3, -0.25) is 0 Å². The molecule has 0 atom stereocenters. The van der Waals surface area contributed by atoms with E-state index >= 15 is 0 Å². The maximum Gasteiger partial charge on any atom is 0.407 e. The van der Waals surface area contributed by atoms with E-state index in [1.165, 1.54) is 0 Å². The minimum absolute atomic E-state index is 0.318. The van der Waals surface area contributed by atoms with Crippen LogP contribution in [0.5, 0.6) is 0 Å². The minimum atomic E-state index is -0.400. The van der Waals surface area contributed by atoms with Crippen LogP contribution in [0.2, 0.25) is 0 Å². The Morgan fingerprint density at radius 3 is 2.86 bits per heavy atom. The number of amides is 1. The molecule has 0 aromatic heterocycles. The molecular formula is C10H19NO3. The molecule has 0 aliphatic rings. The lowest BCUT2D eigenvalue weighted by Gasteiger charge is -2.05. The van der Waals surface area contributed by atoms with Crippen molar-refractivity contribution in [3.8, 4) is 0 Å². The van der Waals surface area contributed by atoms with Gasteiger partial charge in [0.1, 0.15) is 6.61 Å². The van der Waals surface area contributed by atoms with Gasteiger partial charge in [-0.15, -0.1) is 0 Å². The molecule has 14 heavy (non-hydrogen) atoms. The zero-order chi connectivity index (χ0) is 10.6. The van der Waals surface area contributed by atoms with Crippen LogP contribution in [0, 0.1) is 0 Å². The Labute approximate surface area is 85.3 Å². The van der Waals surface area contributed by atoms with Crippen LogP contribution in [0.1, 0.15) is 20.3 Å². The average Bonchev–Trinajstić information content (AvgIpc) is 2.18. The standard InChI is InChI=1S/C10H19NO3/c1-3-5-8-14-10(12)11-6-9-13-7-4-2/h3,5H,4,6-9H2,1-2H3,(H,11,12). The Morgan fingerprint density at radius 1 is 1.43 bits per heavy atom. The monoisotopic (exact) mass is 201 g/mol. The molecule has 0 heterocycles. The lowest BCUT2D eigenvalue weighted by molar-refractivity contribution is 0.126. The Balaban J connectivity index is 3.18. The number of ether oxygens (including phenoxy) is 2. The van der Waals surface area contributed by atoms with Gasteiger partial charge >= 0.3 is 6.09 Å². The van der Waals surface area contributed by atoms with Crippen molar-refractivity contribution in [3.63, 3.8) is 0 Å². The van der Waals surface area contributed by atoms with E-state index in [4.69, 9.17) is 9.47 Å². The Kier molecular flexibility index (Phi) is 9.31. The van der Waals surface area contributed by atoms with Crippen LogP contribution in [0.25, 0.3) is 0 Å². The number of carbonyl (C=O) groups excluding carboxylic acids is 1. The number of nitrogens with one attached hydrogen (secondary N) is 1. The van der Waals surface area contributed by atoms with Crippen molar-refractivity contribution in [2.75, 3.05) is 26.4 Å². The smallest absolute Gasteiger partial charge is 0.407 e. The van der Waals surface area contributed by atoms with Crippen LogP contribution in [0.3, 0.4) is 0 Å². The zero-order valence-corrected chi connectivity index (χ0v) is 8.91. The zero-order valence-electron chi connectivity index (χ0n) is 8.91. The summed E-state index contributed by atoms with van der Waals surface area (Å²) in [5.41, 5.74) is 0. The van der Waals surface area contributed by atoms with E-state index in [9.17, 15) is 4.79 Å². The van der Waals surface area contributed by atoms with E-state index in [1.54, 1.807) is 6.08 Å². The van der Waals surface area contributed by atoms with Crippen molar-refractivity contribution in [2.24, 2.45) is 0 Å². The predicted octanol–water partition coefficient (Wildman–Crippen LogP) is 1.72. The Morgan fingerprint density at radius 2 is 2.21 bits per heavy atom. The third kappa shape index (κ3) is 9.06. The molecule has 0 unspecified atom stereocenters. The molecule has 0 aromatic carbocycles. The highest BCUT2D eigenvalue weighted by molar-refractivity contribution is 5.67. The van der Waals surface area contributed by atoms with Crippen molar-refractivity contribution in [2.45, 2.75) is 20.3 Å². The third-order valence-corrected chi connectivity index (χ3v) is 1.41. The number of hydrogen-bond donors (Lipinski definition) is 1. The molecule has 0 rings (SSSR count). The molecule has 0 saturated carbocycles. The van der Waals surface area contributed by atoms with E-state index in [-0.39, 0.29) is 0 Å². The molecule has 0 aliphatic heterocycles. The van der Waals surface area contributed by atoms with Crippen molar-refractivity contribution >= 4 is 6.09 Å². The fourth-order valence-electron chi connectivity index (χ4n) is 0.743. The number of rotatable bonds is 7. The minimum Gasteiger partial charge on any atom is -0.445 e. The molecule has 0 aliphatic carbocycles. The van der Waals surface area contributed by atoms with E-state index < -0.39 is 6.09 Å². The number of allylic oxidation sites excluding steroid dienone is 1. The Hall–Kier alpha value is -1.03. The van der Waals surface area contributed by atoms with Gasteiger partial charge in [-0.2, -0.15) is 0 Å². The number of alkyl carbamates (subject to hydrolysis) is 1. The first-order valence-electron chi connectivity index (χ1n) is 4.90. The van der Waals surface area contributed by atoms with Gasteiger partial charge in [0.15, 0.2) is 0 Å². The second-order valence-electron chi connectivity index (χ2n) is 2.71. The van der Waals surface area contributed by atoms with Gasteiger partial charge in [0, 0.05) is 13.2 Å². The van der Waals surface area contributed by atoms with E-state index in [0.29, 0.717) is 19.8 Å². The molecule has 4 nitrogen and oxygen atoms in total. The Bertz CT molecular complexity index is 169. The van der Waals surface area contributed by atoms with Gasteiger partial charge < -0.3 is 14.8 Å². The fraction of sp³-hybridized carbons (Fsp3) is 0.700. The maximum absolute atomic E-state index is 10.9. The van der Waals surface area contributed by atoms with Crippen LogP contribution >= 0.6 is 0 Å². The van der Waals surface area contributed by atoms with Crippen molar-refractivity contribution in [1.82, 2.24) is 5.32 Å². The highest BCUT2D eigenvalue weighted by Crippen LogP contribution is 1.81. The van der Waals surface area contributed by atoms with E-state index in [2.05, 4.69) is 5.32 Å². The second kappa shape index (κ2) is 10.1. The largest absolute Gasteiger partial charge is 0.445 e. The van der Waals surface area contributed by atoms with Gasteiger partial charge in [0.05, 0.1) is 6.61 Å². The molecule has 0 bridgehead atoms. The van der Waals surface area contributed by atoms with Crippen molar-refractivity contribution < 1.29 is 14.3 Å². The molecule has 0 saturated heterocycles. The fourth-order valence-corrected chi connectivity index (χ4v) is 0.743. The molecule has 0 spiro atoms. The summed E-state index contributed by atoms with van der Waals surface area (Å²) in [6.45, 7) is 5.99. The highest BCUT2D eigenvalue weighted by Gasteiger charge is 1.97. The first kappa shape index (κ1) is 13.0. The third-order valence-electron chi connectivity index (χ3n) is 1.41. The molecular weight excluding hydrogens is 182 g/mol. The average molecular weight is 201 g/mol. The molecule has 0 fully saturated rings. The lowest BCUT2D eigenvalue weighted by atomic mass is 10.5. The molecule has 82 valence electrons. The van der Waals surface area contributed by atoms with Crippen molar-refractivity contribution in [1.29, 1.82) is 0 Å². The second-order valence-corrected chi connectivity index (χ2v) is 2.71. The van der Waals surface area contributed by atoms with Crippen LogP contribution < -0.4 is 5.32 Å². The van der Waals surface area contributed by atoms with Gasteiger partial charge in [-0.05, 0) is 13.3 Å². The summed E-state index contributed by atoms with van der Waals surface area (Å²) in [6.07, 6.45) is 4.19. The van der Waals surface area contributed by atoms with Crippen LogP contribution in [-0.4, -0.2) is 32.5 Å². The first-order chi connectivity index (χ1) is 6.81. The quantitative estimate of drug-likeness (QED) is 0.504. The number of hydrogen-bond acceptors (Lipinski definition) is 3. The summed E-state index contributed by atoms with van der Waals surface area (Å²) >= 11 is 0. The van der Waals surface area contributed by atoms with Crippen LogP contribution in [-0.2, 0) is 9.47 Å². The number of carbonyl (C=O) groups is 1. The summed E-state index contributed by atoms with van der Waals surface area (Å²) in [7, 11) is 0. The van der Waals surface area contributed by atoms with E-state index in [1.807, 2.05) is 19.9 Å². The summed E-state index contributed by atoms with van der Waals surface area (Å²) in [5.74, 6) is 0. The highest BCUT2D eigenvalue weighted by atomic mass is 16.5. The summed E-state index contributed by atoms with van der Waals surface area (Å²) in [5, 5.41) is 2.58. The summed E-state index contributed by atoms with van der Waals surface area (Å²) in [4.78, 5) is 10.9. The van der Waals surface area contributed by atoms with Gasteiger partial charge in [0.2, 0.25) is 0 Å². The molecule has 0 radical (unpaired) electrons. The van der Waals surface area contributed by atoms with Gasteiger partial charge in [-0.25, -0.2) is 4.79 Å². The van der Waals surface area contributed by atoms with Gasteiger partial charge in [-0.1, -0.05) is 19.1 Å². The molecule has 4 heteroatoms. The molecule has 1 amide bonds. The lowest BCUT2D eigenvalue weighted by Crippen LogP contribution is -2.28. The summed E-state index contributed by atoms with van der Waals surface area (Å²) < 4.78 is 9.97. The van der Waals surface area contributed by atoms with E-state index in [0.717, 1.165) is 13.0 Å². The van der Waals surface area contributed by atoms with Crippen LogP contribution in [0.15, 0.2) is 12.2 Å². The van der Waals surface area contributed by atoms with Gasteiger partial charge in [0.25, 0.3) is 0 Å². The topological polar surface area (TPSA) is 47.6 Å². The first-order valence-corrected chi connectivity index (χ1v) is 4.90. The maximum atomic E-state index is 10.9. The molecule has 1 N–H and O–H groups in total.